The molecule has 1 fully saturated rings. The van der Waals surface area contributed by atoms with Gasteiger partial charge in [0.05, 0.1) is 13.0 Å². The molecule has 0 saturated carbocycles. The van der Waals surface area contributed by atoms with Crippen molar-refractivity contribution in [2.45, 2.75) is 32.9 Å². The van der Waals surface area contributed by atoms with Gasteiger partial charge >= 0.3 is 5.97 Å². The number of amides is 1. The molecule has 1 aliphatic rings. The smallest absolute Gasteiger partial charge is 0.311 e. The predicted octanol–water partition coefficient (Wildman–Crippen LogP) is 2.05. The molecule has 26 heavy (non-hydrogen) atoms. The highest BCUT2D eigenvalue weighted by molar-refractivity contribution is 5.86. The number of methoxy groups -OCH3 is 1. The molecule has 1 aromatic heterocycles. The van der Waals surface area contributed by atoms with Crippen molar-refractivity contribution in [3.63, 3.8) is 0 Å². The van der Waals surface area contributed by atoms with Gasteiger partial charge in [-0.15, -0.1) is 0 Å². The molecular weight excluding hydrogens is 338 g/mol. The zero-order chi connectivity index (χ0) is 18.7. The molecule has 1 aliphatic heterocycles. The number of hydrogen-bond acceptors (Lipinski definition) is 7. The second kappa shape index (κ2) is 7.55. The van der Waals surface area contributed by atoms with Crippen LogP contribution in [0.3, 0.4) is 0 Å². The Labute approximate surface area is 151 Å². The van der Waals surface area contributed by atoms with E-state index in [0.29, 0.717) is 18.1 Å². The van der Waals surface area contributed by atoms with E-state index in [4.69, 9.17) is 14.0 Å². The van der Waals surface area contributed by atoms with E-state index in [9.17, 15) is 9.59 Å². The van der Waals surface area contributed by atoms with Crippen LogP contribution in [0.5, 0.6) is 5.75 Å². The highest BCUT2D eigenvalue weighted by Crippen LogP contribution is 2.23. The number of esters is 1. The summed E-state index contributed by atoms with van der Waals surface area (Å²) in [7, 11) is 1.58. The number of aromatic nitrogens is 2. The van der Waals surface area contributed by atoms with Crippen LogP contribution >= 0.6 is 0 Å². The van der Waals surface area contributed by atoms with Crippen LogP contribution in [0.1, 0.15) is 26.2 Å². The van der Waals surface area contributed by atoms with Crippen LogP contribution in [-0.2, 0) is 20.9 Å². The van der Waals surface area contributed by atoms with Crippen LogP contribution in [0.2, 0.25) is 0 Å². The second-order valence-corrected chi connectivity index (χ2v) is 6.39. The standard InChI is InChI=1S/C18H21N3O5/c1-11(2)21-9-13(8-16(21)22)18(23)25-10-15-19-17(20-26-15)12-5-4-6-14(7-12)24-3/h4-7,11,13H,8-10H2,1-3H3. The number of hydrogen-bond donors (Lipinski definition) is 0. The first-order valence-electron chi connectivity index (χ1n) is 8.41. The summed E-state index contributed by atoms with van der Waals surface area (Å²) in [5.41, 5.74) is 0.736. The Bertz CT molecular complexity index is 802. The van der Waals surface area contributed by atoms with E-state index in [0.717, 1.165) is 5.56 Å². The molecule has 1 amide bonds. The molecule has 0 bridgehead atoms. The molecule has 2 heterocycles. The van der Waals surface area contributed by atoms with E-state index in [2.05, 4.69) is 10.1 Å². The van der Waals surface area contributed by atoms with Gasteiger partial charge in [-0.3, -0.25) is 9.59 Å². The van der Waals surface area contributed by atoms with Gasteiger partial charge in [-0.25, -0.2) is 0 Å². The Morgan fingerprint density at radius 3 is 2.92 bits per heavy atom. The molecule has 2 aromatic rings. The monoisotopic (exact) mass is 359 g/mol. The number of carbonyl (C=O) groups excluding carboxylic acids is 2. The van der Waals surface area contributed by atoms with Gasteiger partial charge in [0.1, 0.15) is 5.75 Å². The van der Waals surface area contributed by atoms with Gasteiger partial charge in [-0.1, -0.05) is 17.3 Å². The molecule has 0 spiro atoms. The number of likely N-dealkylation sites (tertiary alicyclic amines) is 1. The van der Waals surface area contributed by atoms with E-state index in [1.54, 1.807) is 18.1 Å². The normalized spacial score (nSPS) is 17.0. The quantitative estimate of drug-likeness (QED) is 0.728. The maximum atomic E-state index is 12.2. The minimum atomic E-state index is -0.453. The van der Waals surface area contributed by atoms with E-state index in [1.165, 1.54) is 0 Å². The fourth-order valence-electron chi connectivity index (χ4n) is 2.83. The minimum Gasteiger partial charge on any atom is -0.497 e. The molecule has 0 N–H and O–H groups in total. The first kappa shape index (κ1) is 17.9. The molecule has 1 atom stereocenters. The lowest BCUT2D eigenvalue weighted by Gasteiger charge is -2.20. The third-order valence-corrected chi connectivity index (χ3v) is 4.25. The number of ether oxygens (including phenoxy) is 2. The van der Waals surface area contributed by atoms with E-state index in [1.807, 2.05) is 32.0 Å². The topological polar surface area (TPSA) is 94.8 Å². The van der Waals surface area contributed by atoms with Gasteiger partial charge in [-0.2, -0.15) is 4.98 Å². The van der Waals surface area contributed by atoms with Gasteiger partial charge in [0.2, 0.25) is 11.7 Å². The highest BCUT2D eigenvalue weighted by atomic mass is 16.6. The van der Waals surface area contributed by atoms with Crippen LogP contribution in [-0.4, -0.2) is 46.6 Å². The Morgan fingerprint density at radius 2 is 2.23 bits per heavy atom. The maximum Gasteiger partial charge on any atom is 0.311 e. The number of benzene rings is 1. The Balaban J connectivity index is 1.58. The molecule has 8 nitrogen and oxygen atoms in total. The summed E-state index contributed by atoms with van der Waals surface area (Å²) in [6.07, 6.45) is 0.176. The lowest BCUT2D eigenvalue weighted by Crippen LogP contribution is -2.33. The fourth-order valence-corrected chi connectivity index (χ4v) is 2.83. The van der Waals surface area contributed by atoms with Gasteiger partial charge in [0, 0.05) is 24.6 Å². The van der Waals surface area contributed by atoms with Crippen molar-refractivity contribution in [3.05, 3.63) is 30.2 Å². The van der Waals surface area contributed by atoms with Gasteiger partial charge in [0.15, 0.2) is 6.61 Å². The van der Waals surface area contributed by atoms with Crippen LogP contribution in [0, 0.1) is 5.92 Å². The van der Waals surface area contributed by atoms with E-state index >= 15 is 0 Å². The van der Waals surface area contributed by atoms with Crippen LogP contribution in [0.4, 0.5) is 0 Å². The van der Waals surface area contributed by atoms with Crippen LogP contribution in [0.15, 0.2) is 28.8 Å². The van der Waals surface area contributed by atoms with Crippen molar-refractivity contribution in [3.8, 4) is 17.1 Å². The lowest BCUT2D eigenvalue weighted by atomic mass is 10.1. The molecule has 1 saturated heterocycles. The zero-order valence-electron chi connectivity index (χ0n) is 15.0. The Hall–Kier alpha value is -2.90. The van der Waals surface area contributed by atoms with E-state index < -0.39 is 11.9 Å². The summed E-state index contributed by atoms with van der Waals surface area (Å²) in [6, 6.07) is 7.32. The fraction of sp³-hybridized carbons (Fsp3) is 0.444. The molecular formula is C18H21N3O5. The van der Waals surface area contributed by atoms with Crippen molar-refractivity contribution in [2.75, 3.05) is 13.7 Å². The molecule has 8 heteroatoms. The molecule has 3 rings (SSSR count). The number of carbonyl (C=O) groups is 2. The maximum absolute atomic E-state index is 12.2. The average molecular weight is 359 g/mol. The van der Waals surface area contributed by atoms with Gasteiger partial charge < -0.3 is 18.9 Å². The molecule has 0 radical (unpaired) electrons. The summed E-state index contributed by atoms with van der Waals surface area (Å²) >= 11 is 0. The second-order valence-electron chi connectivity index (χ2n) is 6.39. The molecule has 1 aromatic carbocycles. The Kier molecular flexibility index (Phi) is 5.20. The SMILES string of the molecule is COc1cccc(-c2noc(COC(=O)C3CC(=O)N(C(C)C)C3)n2)c1. The summed E-state index contributed by atoms with van der Waals surface area (Å²) in [4.78, 5) is 30.0. The van der Waals surface area contributed by atoms with Crippen molar-refractivity contribution in [2.24, 2.45) is 5.92 Å². The highest BCUT2D eigenvalue weighted by Gasteiger charge is 2.36. The summed E-state index contributed by atoms with van der Waals surface area (Å²) in [6.45, 7) is 4.10. The van der Waals surface area contributed by atoms with E-state index in [-0.39, 0.29) is 30.9 Å². The largest absolute Gasteiger partial charge is 0.497 e. The number of nitrogens with zero attached hydrogens (tertiary/aromatic N) is 3. The predicted molar refractivity (Wildman–Crippen MR) is 91.0 cm³/mol. The van der Waals surface area contributed by atoms with Crippen LogP contribution in [0.25, 0.3) is 11.4 Å². The van der Waals surface area contributed by atoms with Crippen molar-refractivity contribution in [1.82, 2.24) is 15.0 Å². The van der Waals surface area contributed by atoms with Crippen molar-refractivity contribution >= 4 is 11.9 Å². The van der Waals surface area contributed by atoms with Crippen molar-refractivity contribution in [1.29, 1.82) is 0 Å². The third-order valence-electron chi connectivity index (χ3n) is 4.25. The summed E-state index contributed by atoms with van der Waals surface area (Å²) in [5.74, 6) is 0.354. The summed E-state index contributed by atoms with van der Waals surface area (Å²) < 4.78 is 15.5. The lowest BCUT2D eigenvalue weighted by molar-refractivity contribution is -0.150. The average Bonchev–Trinajstić information content (AvgIpc) is 3.26. The zero-order valence-corrected chi connectivity index (χ0v) is 15.0. The molecule has 1 unspecified atom stereocenters. The molecule has 138 valence electrons. The summed E-state index contributed by atoms with van der Waals surface area (Å²) in [5, 5.41) is 3.89. The van der Waals surface area contributed by atoms with Gasteiger partial charge in [-0.05, 0) is 26.0 Å². The van der Waals surface area contributed by atoms with Gasteiger partial charge in [0.25, 0.3) is 5.89 Å². The number of rotatable bonds is 6. The first-order chi connectivity index (χ1) is 12.5. The van der Waals surface area contributed by atoms with Crippen LogP contribution < -0.4 is 4.74 Å². The van der Waals surface area contributed by atoms with Crippen molar-refractivity contribution < 1.29 is 23.6 Å². The Morgan fingerprint density at radius 1 is 1.42 bits per heavy atom. The minimum absolute atomic E-state index is 0.0277. The molecule has 0 aliphatic carbocycles. The first-order valence-corrected chi connectivity index (χ1v) is 8.41. The third kappa shape index (κ3) is 3.84.